The maximum Gasteiger partial charge on any atom is 0.264 e. The van der Waals surface area contributed by atoms with E-state index in [1.165, 1.54) is 4.68 Å². The van der Waals surface area contributed by atoms with Crippen LogP contribution in [0.25, 0.3) is 0 Å². The predicted molar refractivity (Wildman–Crippen MR) is 81.9 cm³/mol. The number of rotatable bonds is 7. The highest BCUT2D eigenvalue weighted by Gasteiger charge is 2.26. The number of nitrogens with zero attached hydrogens (tertiary/aromatic N) is 3. The van der Waals surface area contributed by atoms with Crippen LogP contribution in [0, 0.1) is 0 Å². The van der Waals surface area contributed by atoms with Crippen molar-refractivity contribution < 1.29 is 13.2 Å². The topological polar surface area (TPSA) is 72.3 Å². The lowest BCUT2D eigenvalue weighted by atomic mass is 10.2. The van der Waals surface area contributed by atoms with Crippen molar-refractivity contribution in [1.82, 2.24) is 14.7 Å². The van der Waals surface area contributed by atoms with Crippen LogP contribution < -0.4 is 0 Å². The quantitative estimate of drug-likeness (QED) is 0.712. The van der Waals surface area contributed by atoms with Gasteiger partial charge in [-0.25, -0.2) is 8.42 Å². The Balaban J connectivity index is 3.26. The Hall–Kier alpha value is -1.08. The molecule has 120 valence electrons. The molecule has 0 bridgehead atoms. The van der Waals surface area contributed by atoms with Crippen LogP contribution in [0.15, 0.2) is 4.90 Å². The molecule has 0 fully saturated rings. The molecule has 8 heteroatoms. The van der Waals surface area contributed by atoms with Crippen molar-refractivity contribution >= 4 is 25.6 Å². The second-order valence-electron chi connectivity index (χ2n) is 4.59. The molecule has 0 spiro atoms. The van der Waals surface area contributed by atoms with Crippen molar-refractivity contribution in [1.29, 1.82) is 0 Å². The molecule has 0 aromatic carbocycles. The van der Waals surface area contributed by atoms with E-state index in [1.54, 1.807) is 4.90 Å². The zero-order valence-electron chi connectivity index (χ0n) is 12.9. The number of carbonyl (C=O) groups is 1. The fraction of sp³-hybridized carbons (Fsp3) is 0.692. The van der Waals surface area contributed by atoms with Crippen molar-refractivity contribution in [3.8, 4) is 0 Å². The summed E-state index contributed by atoms with van der Waals surface area (Å²) in [7, 11) is 1.65. The molecule has 1 aromatic heterocycles. The SMILES string of the molecule is CCc1nn(CC(=O)N(CC)CC)c(CC)c1S(=O)(=O)Cl. The molecule has 0 N–H and O–H groups in total. The second-order valence-corrected chi connectivity index (χ2v) is 7.09. The van der Waals surface area contributed by atoms with Crippen molar-refractivity contribution in [3.05, 3.63) is 11.4 Å². The Morgan fingerprint density at radius 3 is 2.14 bits per heavy atom. The monoisotopic (exact) mass is 335 g/mol. The van der Waals surface area contributed by atoms with Gasteiger partial charge in [-0.3, -0.25) is 9.48 Å². The van der Waals surface area contributed by atoms with Gasteiger partial charge in [0.25, 0.3) is 9.05 Å². The smallest absolute Gasteiger partial charge is 0.264 e. The zero-order valence-corrected chi connectivity index (χ0v) is 14.5. The first kappa shape index (κ1) is 18.0. The number of hydrogen-bond acceptors (Lipinski definition) is 4. The molecule has 0 radical (unpaired) electrons. The lowest BCUT2D eigenvalue weighted by Crippen LogP contribution is -2.34. The van der Waals surface area contributed by atoms with Gasteiger partial charge in [-0.2, -0.15) is 5.10 Å². The standard InChI is InChI=1S/C13H22ClN3O3S/c1-5-10-13(21(14,19)20)11(6-2)17(15-10)9-12(18)16(7-3)8-4/h5-9H2,1-4H3. The van der Waals surface area contributed by atoms with E-state index >= 15 is 0 Å². The first-order valence-electron chi connectivity index (χ1n) is 7.10. The number of aryl methyl sites for hydroxylation is 1. The Labute approximate surface area is 130 Å². The molecule has 0 unspecified atom stereocenters. The largest absolute Gasteiger partial charge is 0.342 e. The fourth-order valence-electron chi connectivity index (χ4n) is 2.33. The zero-order chi connectivity index (χ0) is 16.2. The lowest BCUT2D eigenvalue weighted by molar-refractivity contribution is -0.131. The number of hydrogen-bond donors (Lipinski definition) is 0. The summed E-state index contributed by atoms with van der Waals surface area (Å²) in [6.45, 7) is 8.68. The van der Waals surface area contributed by atoms with Gasteiger partial charge in [-0.1, -0.05) is 13.8 Å². The van der Waals surface area contributed by atoms with Crippen LogP contribution in [0.1, 0.15) is 39.1 Å². The molecule has 6 nitrogen and oxygen atoms in total. The number of carbonyl (C=O) groups excluding carboxylic acids is 1. The Kier molecular flexibility index (Phi) is 6.22. The van der Waals surface area contributed by atoms with Crippen molar-refractivity contribution in [2.45, 2.75) is 52.0 Å². The van der Waals surface area contributed by atoms with Crippen LogP contribution in [0.5, 0.6) is 0 Å². The van der Waals surface area contributed by atoms with Crippen LogP contribution in [-0.4, -0.2) is 42.1 Å². The lowest BCUT2D eigenvalue weighted by Gasteiger charge is -2.19. The Bertz CT molecular complexity index is 606. The van der Waals surface area contributed by atoms with Gasteiger partial charge in [0.2, 0.25) is 5.91 Å². The Morgan fingerprint density at radius 2 is 1.76 bits per heavy atom. The molecule has 1 heterocycles. The van der Waals surface area contributed by atoms with Crippen molar-refractivity contribution in [3.63, 3.8) is 0 Å². The minimum absolute atomic E-state index is 0.0320. The van der Waals surface area contributed by atoms with Gasteiger partial charge >= 0.3 is 0 Å². The first-order chi connectivity index (χ1) is 9.79. The molecular formula is C13H22ClN3O3S. The molecule has 1 aromatic rings. The van der Waals surface area contributed by atoms with Gasteiger partial charge in [-0.05, 0) is 26.7 Å². The predicted octanol–water partition coefficient (Wildman–Crippen LogP) is 1.80. The van der Waals surface area contributed by atoms with Gasteiger partial charge < -0.3 is 4.90 Å². The van der Waals surface area contributed by atoms with Gasteiger partial charge in [0.05, 0.1) is 11.4 Å². The maximum atomic E-state index is 12.2. The van der Waals surface area contributed by atoms with Gasteiger partial charge in [-0.15, -0.1) is 0 Å². The average molecular weight is 336 g/mol. The molecule has 0 saturated heterocycles. The number of halogens is 1. The van der Waals surface area contributed by atoms with E-state index in [9.17, 15) is 13.2 Å². The summed E-state index contributed by atoms with van der Waals surface area (Å²) >= 11 is 0. The van der Waals surface area contributed by atoms with E-state index in [0.717, 1.165) is 0 Å². The third-order valence-electron chi connectivity index (χ3n) is 3.39. The molecular weight excluding hydrogens is 314 g/mol. The average Bonchev–Trinajstić information content (AvgIpc) is 2.77. The van der Waals surface area contributed by atoms with E-state index in [2.05, 4.69) is 5.10 Å². The van der Waals surface area contributed by atoms with Gasteiger partial charge in [0.1, 0.15) is 11.4 Å². The highest BCUT2D eigenvalue weighted by atomic mass is 35.7. The highest BCUT2D eigenvalue weighted by Crippen LogP contribution is 2.25. The number of amides is 1. The maximum absolute atomic E-state index is 12.2. The van der Waals surface area contributed by atoms with Crippen LogP contribution in [-0.2, 0) is 33.2 Å². The third-order valence-corrected chi connectivity index (χ3v) is 4.81. The summed E-state index contributed by atoms with van der Waals surface area (Å²) in [4.78, 5) is 13.9. The van der Waals surface area contributed by atoms with Crippen LogP contribution in [0.3, 0.4) is 0 Å². The molecule has 1 amide bonds. The van der Waals surface area contributed by atoms with E-state index in [-0.39, 0.29) is 17.3 Å². The second kappa shape index (κ2) is 7.26. The molecule has 0 atom stereocenters. The van der Waals surface area contributed by atoms with Crippen LogP contribution in [0.4, 0.5) is 0 Å². The minimum Gasteiger partial charge on any atom is -0.342 e. The fourth-order valence-corrected chi connectivity index (χ4v) is 3.86. The Morgan fingerprint density at radius 1 is 1.19 bits per heavy atom. The van der Waals surface area contributed by atoms with E-state index < -0.39 is 9.05 Å². The first-order valence-corrected chi connectivity index (χ1v) is 9.41. The number of aromatic nitrogens is 2. The van der Waals surface area contributed by atoms with E-state index in [0.29, 0.717) is 37.3 Å². The highest BCUT2D eigenvalue weighted by molar-refractivity contribution is 8.13. The summed E-state index contributed by atoms with van der Waals surface area (Å²) in [6, 6.07) is 0. The molecule has 0 aliphatic rings. The van der Waals surface area contributed by atoms with Gasteiger partial charge in [0, 0.05) is 23.8 Å². The number of likely N-dealkylation sites (N-methyl/N-ethyl adjacent to an activating group) is 1. The van der Waals surface area contributed by atoms with Crippen LogP contribution >= 0.6 is 10.7 Å². The summed E-state index contributed by atoms with van der Waals surface area (Å²) in [5, 5.41) is 4.26. The molecule has 0 saturated carbocycles. The van der Waals surface area contributed by atoms with Gasteiger partial charge in [0.15, 0.2) is 0 Å². The molecule has 21 heavy (non-hydrogen) atoms. The van der Waals surface area contributed by atoms with Crippen molar-refractivity contribution in [2.24, 2.45) is 0 Å². The van der Waals surface area contributed by atoms with Crippen molar-refractivity contribution in [2.75, 3.05) is 13.1 Å². The van der Waals surface area contributed by atoms with Crippen LogP contribution in [0.2, 0.25) is 0 Å². The third kappa shape index (κ3) is 3.97. The molecule has 0 aliphatic carbocycles. The summed E-state index contributed by atoms with van der Waals surface area (Å²) < 4.78 is 25.0. The molecule has 0 aliphatic heterocycles. The summed E-state index contributed by atoms with van der Waals surface area (Å²) in [6.07, 6.45) is 0.889. The molecule has 1 rings (SSSR count). The minimum atomic E-state index is -3.87. The van der Waals surface area contributed by atoms with E-state index in [1.807, 2.05) is 27.7 Å². The summed E-state index contributed by atoms with van der Waals surface area (Å²) in [5.41, 5.74) is 0.900. The normalized spacial score (nSPS) is 11.7. The van der Waals surface area contributed by atoms with E-state index in [4.69, 9.17) is 10.7 Å². The summed E-state index contributed by atoms with van der Waals surface area (Å²) in [5.74, 6) is -0.0848.